The van der Waals surface area contributed by atoms with Crippen LogP contribution in [0.1, 0.15) is 46.0 Å². The molecule has 0 aromatic heterocycles. The fourth-order valence-corrected chi connectivity index (χ4v) is 4.26. The molecule has 0 saturated heterocycles. The smallest absolute Gasteiger partial charge is 0.139 e. The molecule has 136 valence electrons. The minimum Gasteiger partial charge on any atom is -0.380 e. The molecule has 1 N–H and O–H groups in total. The summed E-state index contributed by atoms with van der Waals surface area (Å²) >= 11 is 0. The number of hydroxylamine groups is 2. The molecule has 0 aromatic carbocycles. The van der Waals surface area contributed by atoms with Gasteiger partial charge in [0.2, 0.25) is 0 Å². The Kier molecular flexibility index (Phi) is 4.46. The van der Waals surface area contributed by atoms with E-state index in [1.807, 2.05) is 17.5 Å². The highest BCUT2D eigenvalue weighted by atomic mass is 16.7. The Bertz CT molecular complexity index is 657. The molecule has 1 fully saturated rings. The van der Waals surface area contributed by atoms with Crippen LogP contribution in [0.5, 0.6) is 0 Å². The van der Waals surface area contributed by atoms with Crippen molar-refractivity contribution in [3.63, 3.8) is 0 Å². The Hall–Kier alpha value is -1.95. The Balaban J connectivity index is 1.69. The Morgan fingerprint density at radius 3 is 2.84 bits per heavy atom. The molecule has 25 heavy (non-hydrogen) atoms. The highest BCUT2D eigenvalue weighted by Crippen LogP contribution is 2.36. The number of nitrogens with zero attached hydrogens (tertiary/aromatic N) is 4. The van der Waals surface area contributed by atoms with Gasteiger partial charge in [0, 0.05) is 19.1 Å². The second-order valence-corrected chi connectivity index (χ2v) is 7.36. The molecule has 3 heterocycles. The van der Waals surface area contributed by atoms with E-state index in [9.17, 15) is 0 Å². The molecule has 0 bridgehead atoms. The summed E-state index contributed by atoms with van der Waals surface area (Å²) in [6, 6.07) is 0.595. The third-order valence-electron chi connectivity index (χ3n) is 5.48. The zero-order valence-electron chi connectivity index (χ0n) is 15.6. The van der Waals surface area contributed by atoms with Gasteiger partial charge in [-0.1, -0.05) is 19.8 Å². The van der Waals surface area contributed by atoms with Crippen molar-refractivity contribution in [1.82, 2.24) is 20.2 Å². The van der Waals surface area contributed by atoms with E-state index >= 15 is 0 Å². The van der Waals surface area contributed by atoms with Crippen LogP contribution in [-0.2, 0) is 4.84 Å². The number of hydrogen-bond acceptors (Lipinski definition) is 6. The summed E-state index contributed by atoms with van der Waals surface area (Å²) in [5.74, 6) is 1.22. The fraction of sp³-hybridized carbons (Fsp3) is 0.632. The molecule has 0 aromatic rings. The van der Waals surface area contributed by atoms with E-state index in [2.05, 4.69) is 29.0 Å². The van der Waals surface area contributed by atoms with Crippen molar-refractivity contribution in [2.24, 2.45) is 4.99 Å². The minimum atomic E-state index is 0.595. The molecule has 1 aliphatic carbocycles. The summed E-state index contributed by atoms with van der Waals surface area (Å²) in [4.78, 5) is 15.1. The standard InChI is InChI=1S/C19H29N5O/c1-4-9-22-11-14(2)17(21-15-7-5-6-8-15)18-19(22)24-13-23(25-3)12-16(24)10-20-18/h10,12,15,21H,4-9,11,13H2,1-3H3. The average molecular weight is 343 g/mol. The van der Waals surface area contributed by atoms with Crippen molar-refractivity contribution in [1.29, 1.82) is 0 Å². The van der Waals surface area contributed by atoms with Crippen LogP contribution in [0.4, 0.5) is 0 Å². The predicted molar refractivity (Wildman–Crippen MR) is 99.1 cm³/mol. The summed E-state index contributed by atoms with van der Waals surface area (Å²) in [6.07, 6.45) is 10.3. The lowest BCUT2D eigenvalue weighted by molar-refractivity contribution is -0.0971. The van der Waals surface area contributed by atoms with Gasteiger partial charge in [0.25, 0.3) is 0 Å². The first-order chi connectivity index (χ1) is 12.2. The Labute approximate surface area is 150 Å². The summed E-state index contributed by atoms with van der Waals surface area (Å²) in [6.45, 7) is 7.20. The molecule has 0 radical (unpaired) electrons. The quantitative estimate of drug-likeness (QED) is 0.831. The second-order valence-electron chi connectivity index (χ2n) is 7.36. The van der Waals surface area contributed by atoms with Gasteiger partial charge in [0.15, 0.2) is 0 Å². The van der Waals surface area contributed by atoms with Crippen LogP contribution < -0.4 is 5.32 Å². The molecular formula is C19H29N5O. The van der Waals surface area contributed by atoms with E-state index in [0.29, 0.717) is 12.7 Å². The lowest BCUT2D eigenvalue weighted by Crippen LogP contribution is -2.44. The van der Waals surface area contributed by atoms with Crippen molar-refractivity contribution in [3.05, 3.63) is 34.7 Å². The van der Waals surface area contributed by atoms with Crippen molar-refractivity contribution in [3.8, 4) is 0 Å². The van der Waals surface area contributed by atoms with E-state index in [4.69, 9.17) is 9.83 Å². The van der Waals surface area contributed by atoms with Gasteiger partial charge >= 0.3 is 0 Å². The summed E-state index contributed by atoms with van der Waals surface area (Å²) in [5.41, 5.74) is 4.84. The topological polar surface area (TPSA) is 43.3 Å². The largest absolute Gasteiger partial charge is 0.380 e. The van der Waals surface area contributed by atoms with Crippen LogP contribution in [-0.4, -0.2) is 54.0 Å². The van der Waals surface area contributed by atoms with Crippen LogP contribution in [0.3, 0.4) is 0 Å². The maximum Gasteiger partial charge on any atom is 0.139 e. The first-order valence-electron chi connectivity index (χ1n) is 9.51. The Morgan fingerprint density at radius 1 is 1.32 bits per heavy atom. The van der Waals surface area contributed by atoms with Crippen molar-refractivity contribution in [2.45, 2.75) is 52.0 Å². The van der Waals surface area contributed by atoms with Crippen molar-refractivity contribution < 1.29 is 4.84 Å². The summed E-state index contributed by atoms with van der Waals surface area (Å²) in [7, 11) is 1.71. The zero-order valence-corrected chi connectivity index (χ0v) is 15.6. The number of hydrogen-bond donors (Lipinski definition) is 1. The van der Waals surface area contributed by atoms with E-state index in [0.717, 1.165) is 30.9 Å². The number of allylic oxidation sites excluding steroid dienone is 1. The normalized spacial score (nSPS) is 23.5. The van der Waals surface area contributed by atoms with Crippen LogP contribution >= 0.6 is 0 Å². The van der Waals surface area contributed by atoms with Gasteiger partial charge in [0.05, 0.1) is 30.9 Å². The third kappa shape index (κ3) is 2.92. The molecule has 3 aliphatic heterocycles. The average Bonchev–Trinajstić information content (AvgIpc) is 3.26. The lowest BCUT2D eigenvalue weighted by Gasteiger charge is -2.41. The minimum absolute atomic E-state index is 0.595. The van der Waals surface area contributed by atoms with Crippen molar-refractivity contribution in [2.75, 3.05) is 26.9 Å². The number of nitrogens with one attached hydrogen (secondary N) is 1. The highest BCUT2D eigenvalue weighted by molar-refractivity contribution is 5.82. The predicted octanol–water partition coefficient (Wildman–Crippen LogP) is 2.75. The summed E-state index contributed by atoms with van der Waals surface area (Å²) < 4.78 is 0. The first kappa shape index (κ1) is 16.5. The molecule has 4 aliphatic rings. The molecule has 4 rings (SSSR count). The van der Waals surface area contributed by atoms with Gasteiger partial charge in [-0.15, -0.1) is 0 Å². The first-order valence-corrected chi connectivity index (χ1v) is 9.51. The molecule has 0 amide bonds. The van der Waals surface area contributed by atoms with E-state index in [-0.39, 0.29) is 0 Å². The molecule has 1 saturated carbocycles. The SMILES string of the molecule is CCCN1CC(C)=C(NC2CCCC2)C2=C1N1CN(OC)C=C1C=N2. The maximum absolute atomic E-state index is 5.42. The molecule has 0 spiro atoms. The molecular weight excluding hydrogens is 314 g/mol. The lowest BCUT2D eigenvalue weighted by atomic mass is 10.0. The Morgan fingerprint density at radius 2 is 2.12 bits per heavy atom. The molecule has 6 heteroatoms. The van der Waals surface area contributed by atoms with E-state index in [1.54, 1.807) is 7.11 Å². The number of rotatable bonds is 5. The van der Waals surface area contributed by atoms with Gasteiger partial charge in [0.1, 0.15) is 18.2 Å². The van der Waals surface area contributed by atoms with Gasteiger partial charge in [-0.2, -0.15) is 0 Å². The second kappa shape index (κ2) is 6.75. The summed E-state index contributed by atoms with van der Waals surface area (Å²) in [5, 5.41) is 5.68. The van der Waals surface area contributed by atoms with Gasteiger partial charge < -0.3 is 15.1 Å². The fourth-order valence-electron chi connectivity index (χ4n) is 4.26. The van der Waals surface area contributed by atoms with Gasteiger partial charge in [-0.05, 0) is 31.8 Å². The van der Waals surface area contributed by atoms with Crippen molar-refractivity contribution >= 4 is 6.21 Å². The van der Waals surface area contributed by atoms with E-state index < -0.39 is 0 Å². The van der Waals surface area contributed by atoms with Crippen LogP contribution in [0.2, 0.25) is 0 Å². The highest BCUT2D eigenvalue weighted by Gasteiger charge is 2.36. The third-order valence-corrected chi connectivity index (χ3v) is 5.48. The number of fused-ring (bicyclic) bond motifs is 2. The molecule has 6 nitrogen and oxygen atoms in total. The zero-order chi connectivity index (χ0) is 17.4. The van der Waals surface area contributed by atoms with Gasteiger partial charge in [-0.25, -0.2) is 10.1 Å². The molecule has 0 atom stereocenters. The van der Waals surface area contributed by atoms with Crippen LogP contribution in [0.15, 0.2) is 39.7 Å². The maximum atomic E-state index is 5.42. The monoisotopic (exact) mass is 343 g/mol. The van der Waals surface area contributed by atoms with E-state index in [1.165, 1.54) is 42.8 Å². The molecule has 0 unspecified atom stereocenters. The van der Waals surface area contributed by atoms with Gasteiger partial charge in [-0.3, -0.25) is 4.84 Å². The van der Waals surface area contributed by atoms with Crippen LogP contribution in [0.25, 0.3) is 0 Å². The number of aliphatic imine (C=N–C) groups is 1. The van der Waals surface area contributed by atoms with Crippen LogP contribution in [0, 0.1) is 0 Å².